The van der Waals surface area contributed by atoms with Crippen molar-refractivity contribution in [3.8, 4) is 0 Å². The number of hydrogen-bond acceptors (Lipinski definition) is 5. The molecule has 2 N–H and O–H groups in total. The summed E-state index contributed by atoms with van der Waals surface area (Å²) in [6, 6.07) is 0. The minimum Gasteiger partial charge on any atom is -0.390 e. The van der Waals surface area contributed by atoms with E-state index in [0.29, 0.717) is 31.1 Å². The molecule has 0 radical (unpaired) electrons. The molecule has 5 heteroatoms. The Kier molecular flexibility index (Phi) is 8.15. The molecule has 0 aromatic rings. The van der Waals surface area contributed by atoms with E-state index in [-0.39, 0.29) is 18.8 Å². The topological polar surface area (TPSA) is 91.7 Å². The molecule has 0 aromatic heterocycles. The van der Waals surface area contributed by atoms with E-state index in [2.05, 4.69) is 0 Å². The van der Waals surface area contributed by atoms with E-state index >= 15 is 0 Å². The van der Waals surface area contributed by atoms with Crippen molar-refractivity contribution in [1.82, 2.24) is 0 Å². The van der Waals surface area contributed by atoms with Gasteiger partial charge >= 0.3 is 0 Å². The Bertz CT molecular complexity index is 522. The fraction of sp³-hybridized carbons (Fsp3) is 0.857. The molecule has 0 aliphatic heterocycles. The monoisotopic (exact) mass is 368 g/mol. The van der Waals surface area contributed by atoms with Crippen LogP contribution in [0.15, 0.2) is 0 Å². The van der Waals surface area contributed by atoms with E-state index in [9.17, 15) is 24.6 Å². The van der Waals surface area contributed by atoms with Gasteiger partial charge in [-0.3, -0.25) is 14.4 Å². The number of Topliss-reactive ketones (excluding diaryl/α,β-unsaturated/α-hetero) is 3. The van der Waals surface area contributed by atoms with Crippen molar-refractivity contribution >= 4 is 17.3 Å². The molecule has 26 heavy (non-hydrogen) atoms. The van der Waals surface area contributed by atoms with Crippen LogP contribution < -0.4 is 0 Å². The molecule has 1 rings (SSSR count). The summed E-state index contributed by atoms with van der Waals surface area (Å²) in [4.78, 5) is 38.3. The lowest BCUT2D eigenvalue weighted by Crippen LogP contribution is -2.52. The van der Waals surface area contributed by atoms with Crippen molar-refractivity contribution in [2.75, 3.05) is 0 Å². The third-order valence-electron chi connectivity index (χ3n) is 5.31. The molecule has 0 amide bonds. The Morgan fingerprint density at radius 3 is 1.96 bits per heavy atom. The van der Waals surface area contributed by atoms with Gasteiger partial charge in [-0.2, -0.15) is 0 Å². The van der Waals surface area contributed by atoms with Gasteiger partial charge in [0.2, 0.25) is 0 Å². The van der Waals surface area contributed by atoms with Crippen LogP contribution in [0.1, 0.15) is 73.6 Å². The smallest absolute Gasteiger partial charge is 0.185 e. The predicted molar refractivity (Wildman–Crippen MR) is 101 cm³/mol. The average Bonchev–Trinajstić information content (AvgIpc) is 2.69. The highest BCUT2D eigenvalue weighted by atomic mass is 16.4. The minimum atomic E-state index is -2.14. The van der Waals surface area contributed by atoms with Gasteiger partial charge in [0.05, 0.1) is 12.0 Å². The molecule has 1 aliphatic rings. The highest BCUT2D eigenvalue weighted by molar-refractivity contribution is 6.27. The SMILES string of the molecule is CC(C)CC[C@@H](O)[C@@]1(O)C(=O)C(C(=O)CC(C)C)C(=O)[C@H]1CCC(C)C. The largest absolute Gasteiger partial charge is 0.390 e. The highest BCUT2D eigenvalue weighted by Crippen LogP contribution is 2.42. The Hall–Kier alpha value is -1.07. The van der Waals surface area contributed by atoms with Gasteiger partial charge in [0, 0.05) is 6.42 Å². The van der Waals surface area contributed by atoms with Gasteiger partial charge in [-0.25, -0.2) is 0 Å². The average molecular weight is 369 g/mol. The van der Waals surface area contributed by atoms with Crippen molar-refractivity contribution in [3.63, 3.8) is 0 Å². The van der Waals surface area contributed by atoms with Crippen molar-refractivity contribution in [1.29, 1.82) is 0 Å². The number of carbonyl (C=O) groups excluding carboxylic acids is 3. The predicted octanol–water partition coefficient (Wildman–Crippen LogP) is 2.95. The first-order valence-electron chi connectivity index (χ1n) is 9.94. The van der Waals surface area contributed by atoms with Crippen LogP contribution in [0.3, 0.4) is 0 Å². The van der Waals surface area contributed by atoms with Crippen LogP contribution in [0.4, 0.5) is 0 Å². The summed E-state index contributed by atoms with van der Waals surface area (Å²) in [5.41, 5.74) is -2.14. The molecule has 0 saturated heterocycles. The maximum atomic E-state index is 13.0. The zero-order valence-electron chi connectivity index (χ0n) is 17.1. The van der Waals surface area contributed by atoms with Gasteiger partial charge in [0.25, 0.3) is 0 Å². The van der Waals surface area contributed by atoms with E-state index in [1.807, 2.05) is 41.5 Å². The van der Waals surface area contributed by atoms with Crippen LogP contribution in [-0.4, -0.2) is 39.3 Å². The molecule has 4 atom stereocenters. The van der Waals surface area contributed by atoms with E-state index in [0.717, 1.165) is 0 Å². The van der Waals surface area contributed by atoms with Crippen LogP contribution in [0.5, 0.6) is 0 Å². The third kappa shape index (κ3) is 5.01. The van der Waals surface area contributed by atoms with Crippen LogP contribution in [0.2, 0.25) is 0 Å². The van der Waals surface area contributed by atoms with Crippen LogP contribution in [-0.2, 0) is 14.4 Å². The summed E-state index contributed by atoms with van der Waals surface area (Å²) in [6.07, 6.45) is 0.618. The van der Waals surface area contributed by atoms with Gasteiger partial charge in [0.1, 0.15) is 5.92 Å². The Balaban J connectivity index is 3.17. The van der Waals surface area contributed by atoms with Crippen LogP contribution in [0, 0.1) is 29.6 Å². The molecule has 1 fully saturated rings. The summed E-state index contributed by atoms with van der Waals surface area (Å²) >= 11 is 0. The van der Waals surface area contributed by atoms with Crippen molar-refractivity contribution < 1.29 is 24.6 Å². The fourth-order valence-electron chi connectivity index (χ4n) is 3.75. The summed E-state index contributed by atoms with van der Waals surface area (Å²) in [7, 11) is 0. The summed E-state index contributed by atoms with van der Waals surface area (Å²) in [5.74, 6) is -3.54. The zero-order chi connectivity index (χ0) is 20.2. The standard InChI is InChI=1S/C21H36O5/c1-12(2)7-9-15-19(24)18(16(22)11-14(5)6)20(25)21(15,26)17(23)10-8-13(3)4/h12-15,17-18,23,26H,7-11H2,1-6H3/t15-,17-,18?,21-/m1/s1. The number of aliphatic hydroxyl groups is 2. The van der Waals surface area contributed by atoms with Gasteiger partial charge in [-0.05, 0) is 37.0 Å². The van der Waals surface area contributed by atoms with Crippen molar-refractivity contribution in [2.24, 2.45) is 29.6 Å². The molecule has 1 unspecified atom stereocenters. The molecule has 0 aromatic carbocycles. The summed E-state index contributed by atoms with van der Waals surface area (Å²) in [5, 5.41) is 21.8. The van der Waals surface area contributed by atoms with Crippen LogP contribution in [0.25, 0.3) is 0 Å². The molecule has 0 heterocycles. The number of rotatable bonds is 10. The molecule has 1 aliphatic carbocycles. The molecule has 0 spiro atoms. The van der Waals surface area contributed by atoms with Gasteiger partial charge in [-0.15, -0.1) is 0 Å². The first kappa shape index (κ1) is 23.0. The molecule has 0 bridgehead atoms. The summed E-state index contributed by atoms with van der Waals surface area (Å²) < 4.78 is 0. The van der Waals surface area contributed by atoms with Crippen molar-refractivity contribution in [3.05, 3.63) is 0 Å². The number of aliphatic hydroxyl groups excluding tert-OH is 1. The molecule has 1 saturated carbocycles. The fourth-order valence-corrected chi connectivity index (χ4v) is 3.75. The lowest BCUT2D eigenvalue weighted by atomic mass is 9.78. The second-order valence-corrected chi connectivity index (χ2v) is 9.10. The van der Waals surface area contributed by atoms with Crippen LogP contribution >= 0.6 is 0 Å². The first-order chi connectivity index (χ1) is 11.9. The lowest BCUT2D eigenvalue weighted by Gasteiger charge is -2.33. The molecular formula is C21H36O5. The lowest BCUT2D eigenvalue weighted by molar-refractivity contribution is -0.157. The second kappa shape index (κ2) is 9.23. The van der Waals surface area contributed by atoms with Gasteiger partial charge in [-0.1, -0.05) is 48.0 Å². The maximum absolute atomic E-state index is 13.0. The van der Waals surface area contributed by atoms with E-state index in [1.165, 1.54) is 0 Å². The number of ketones is 3. The first-order valence-corrected chi connectivity index (χ1v) is 9.94. The molecule has 150 valence electrons. The van der Waals surface area contributed by atoms with E-state index < -0.39 is 40.9 Å². The Morgan fingerprint density at radius 2 is 1.50 bits per heavy atom. The normalized spacial score (nSPS) is 27.8. The highest BCUT2D eigenvalue weighted by Gasteiger charge is 2.63. The zero-order valence-corrected chi connectivity index (χ0v) is 17.1. The summed E-state index contributed by atoms with van der Waals surface area (Å²) in [6.45, 7) is 11.7. The van der Waals surface area contributed by atoms with E-state index in [1.54, 1.807) is 0 Å². The quantitative estimate of drug-likeness (QED) is 0.579. The number of carbonyl (C=O) groups is 3. The third-order valence-corrected chi connectivity index (χ3v) is 5.31. The second-order valence-electron chi connectivity index (χ2n) is 9.10. The minimum absolute atomic E-state index is 0.0248. The molecular weight excluding hydrogens is 332 g/mol. The van der Waals surface area contributed by atoms with Crippen molar-refractivity contribution in [2.45, 2.75) is 85.4 Å². The molecule has 5 nitrogen and oxygen atoms in total. The van der Waals surface area contributed by atoms with E-state index in [4.69, 9.17) is 0 Å². The van der Waals surface area contributed by atoms with Gasteiger partial charge in [0.15, 0.2) is 23.0 Å². The maximum Gasteiger partial charge on any atom is 0.185 e. The van der Waals surface area contributed by atoms with Gasteiger partial charge < -0.3 is 10.2 Å². The Labute approximate surface area is 157 Å². The Morgan fingerprint density at radius 1 is 0.962 bits per heavy atom. The number of hydrogen-bond donors (Lipinski definition) is 2.